The summed E-state index contributed by atoms with van der Waals surface area (Å²) >= 11 is 2.83. The molecule has 0 radical (unpaired) electrons. The van der Waals surface area contributed by atoms with Gasteiger partial charge in [-0.1, -0.05) is 23.8 Å². The molecule has 0 saturated heterocycles. The van der Waals surface area contributed by atoms with Gasteiger partial charge in [0.05, 0.1) is 4.88 Å². The lowest BCUT2D eigenvalue weighted by atomic mass is 10.1. The number of benzene rings is 1. The Morgan fingerprint density at radius 3 is 2.68 bits per heavy atom. The highest BCUT2D eigenvalue weighted by Gasteiger charge is 2.16. The molecule has 0 aliphatic rings. The first-order chi connectivity index (χ1) is 13.4. The lowest BCUT2D eigenvalue weighted by molar-refractivity contribution is -0.123. The van der Waals surface area contributed by atoms with E-state index in [0.717, 1.165) is 16.0 Å². The van der Waals surface area contributed by atoms with E-state index in [0.29, 0.717) is 10.7 Å². The highest BCUT2D eigenvalue weighted by molar-refractivity contribution is 7.20. The number of hydrogen-bond donors (Lipinski definition) is 2. The molecule has 2 heterocycles. The summed E-state index contributed by atoms with van der Waals surface area (Å²) < 4.78 is 4.93. The first kappa shape index (κ1) is 19.7. The number of aromatic nitrogens is 1. The molecule has 144 valence electrons. The van der Waals surface area contributed by atoms with Gasteiger partial charge in [0.25, 0.3) is 5.91 Å². The van der Waals surface area contributed by atoms with Crippen molar-refractivity contribution in [2.45, 2.75) is 13.8 Å². The number of rotatable bonds is 5. The molecule has 28 heavy (non-hydrogen) atoms. The number of nitrogens with one attached hydrogen (secondary N) is 2. The Morgan fingerprint density at radius 2 is 1.96 bits per heavy atom. The minimum Gasteiger partial charge on any atom is -0.451 e. The summed E-state index contributed by atoms with van der Waals surface area (Å²) in [4.78, 5) is 40.9. The van der Waals surface area contributed by atoms with Gasteiger partial charge >= 0.3 is 12.0 Å². The second kappa shape index (κ2) is 8.77. The van der Waals surface area contributed by atoms with Crippen molar-refractivity contribution >= 4 is 46.3 Å². The van der Waals surface area contributed by atoms with Crippen LogP contribution in [0.25, 0.3) is 9.88 Å². The summed E-state index contributed by atoms with van der Waals surface area (Å²) in [6.07, 6.45) is 0. The van der Waals surface area contributed by atoms with Crippen LogP contribution in [0.15, 0.2) is 41.1 Å². The molecule has 0 spiro atoms. The van der Waals surface area contributed by atoms with E-state index in [1.807, 2.05) is 43.5 Å². The van der Waals surface area contributed by atoms with Crippen molar-refractivity contribution in [1.29, 1.82) is 0 Å². The van der Waals surface area contributed by atoms with Crippen molar-refractivity contribution in [3.8, 4) is 9.88 Å². The lowest BCUT2D eigenvalue weighted by Gasteiger charge is -2.10. The largest absolute Gasteiger partial charge is 0.451 e. The zero-order valence-corrected chi connectivity index (χ0v) is 16.8. The number of ether oxygens (including phenoxy) is 1. The second-order valence-electron chi connectivity index (χ2n) is 5.91. The number of urea groups is 1. The van der Waals surface area contributed by atoms with Gasteiger partial charge in [0.1, 0.15) is 5.01 Å². The van der Waals surface area contributed by atoms with E-state index in [1.165, 1.54) is 22.7 Å². The zero-order chi connectivity index (χ0) is 20.1. The number of hydrogen-bond acceptors (Lipinski definition) is 7. The SMILES string of the molecule is Cc1ccc(NC(=O)NC(=O)COC(=O)c2csc(-c3cccs3)n2)c(C)c1. The minimum atomic E-state index is -0.732. The molecule has 2 aromatic heterocycles. The summed E-state index contributed by atoms with van der Waals surface area (Å²) in [5, 5.41) is 8.91. The van der Waals surface area contributed by atoms with Crippen LogP contribution in [0.5, 0.6) is 0 Å². The Bertz CT molecular complexity index is 1010. The molecule has 0 aliphatic carbocycles. The van der Waals surface area contributed by atoms with Crippen molar-refractivity contribution in [3.05, 3.63) is 57.9 Å². The van der Waals surface area contributed by atoms with Gasteiger partial charge in [0.2, 0.25) is 0 Å². The van der Waals surface area contributed by atoms with Crippen LogP contribution in [-0.2, 0) is 9.53 Å². The Hall–Kier alpha value is -3.04. The molecular formula is C19H17N3O4S2. The third-order valence-corrected chi connectivity index (χ3v) is 5.54. The Morgan fingerprint density at radius 1 is 1.14 bits per heavy atom. The summed E-state index contributed by atoms with van der Waals surface area (Å²) in [6, 6.07) is 8.62. The summed E-state index contributed by atoms with van der Waals surface area (Å²) in [5.74, 6) is -1.45. The number of thiophene rings is 1. The summed E-state index contributed by atoms with van der Waals surface area (Å²) in [7, 11) is 0. The number of imide groups is 1. The van der Waals surface area contributed by atoms with Crippen LogP contribution in [0.4, 0.5) is 10.5 Å². The fraction of sp³-hybridized carbons (Fsp3) is 0.158. The Kier molecular flexibility index (Phi) is 6.17. The van der Waals surface area contributed by atoms with E-state index < -0.39 is 24.5 Å². The molecule has 7 nitrogen and oxygen atoms in total. The van der Waals surface area contributed by atoms with Crippen molar-refractivity contribution in [2.24, 2.45) is 0 Å². The van der Waals surface area contributed by atoms with Gasteiger partial charge in [-0.15, -0.1) is 22.7 Å². The first-order valence-corrected chi connectivity index (χ1v) is 10.0. The highest BCUT2D eigenvalue weighted by Crippen LogP contribution is 2.27. The topological polar surface area (TPSA) is 97.4 Å². The first-order valence-electron chi connectivity index (χ1n) is 8.27. The van der Waals surface area contributed by atoms with Crippen LogP contribution in [0, 0.1) is 13.8 Å². The minimum absolute atomic E-state index is 0.126. The van der Waals surface area contributed by atoms with Gasteiger partial charge in [0, 0.05) is 11.1 Å². The average molecular weight is 415 g/mol. The fourth-order valence-electron chi connectivity index (χ4n) is 2.36. The van der Waals surface area contributed by atoms with Gasteiger partial charge in [-0.3, -0.25) is 10.1 Å². The molecule has 9 heteroatoms. The van der Waals surface area contributed by atoms with Crippen LogP contribution < -0.4 is 10.6 Å². The number of aryl methyl sites for hydroxylation is 2. The number of thiazole rings is 1. The van der Waals surface area contributed by atoms with Crippen LogP contribution in [0.2, 0.25) is 0 Å². The van der Waals surface area contributed by atoms with E-state index in [-0.39, 0.29) is 5.69 Å². The number of carbonyl (C=O) groups is 3. The molecule has 0 fully saturated rings. The van der Waals surface area contributed by atoms with E-state index in [4.69, 9.17) is 4.74 Å². The molecule has 0 saturated carbocycles. The van der Waals surface area contributed by atoms with E-state index in [2.05, 4.69) is 15.6 Å². The Labute approximate surface area is 169 Å². The van der Waals surface area contributed by atoms with E-state index in [1.54, 1.807) is 11.4 Å². The Balaban J connectivity index is 1.48. The van der Waals surface area contributed by atoms with E-state index >= 15 is 0 Å². The zero-order valence-electron chi connectivity index (χ0n) is 15.1. The van der Waals surface area contributed by atoms with Crippen molar-refractivity contribution in [3.63, 3.8) is 0 Å². The predicted octanol–water partition coefficient (Wildman–Crippen LogP) is 3.99. The van der Waals surface area contributed by atoms with E-state index in [9.17, 15) is 14.4 Å². The molecule has 0 aliphatic heterocycles. The maximum atomic E-state index is 12.0. The highest BCUT2D eigenvalue weighted by atomic mass is 32.1. The molecule has 1 aromatic carbocycles. The van der Waals surface area contributed by atoms with Gasteiger partial charge in [-0.2, -0.15) is 0 Å². The summed E-state index contributed by atoms with van der Waals surface area (Å²) in [6.45, 7) is 3.22. The number of amides is 3. The van der Waals surface area contributed by atoms with Crippen LogP contribution in [0.3, 0.4) is 0 Å². The quantitative estimate of drug-likeness (QED) is 0.614. The third kappa shape index (κ3) is 5.02. The van der Waals surface area contributed by atoms with Gasteiger partial charge in [-0.25, -0.2) is 14.6 Å². The predicted molar refractivity (Wildman–Crippen MR) is 109 cm³/mol. The van der Waals surface area contributed by atoms with Crippen LogP contribution in [-0.4, -0.2) is 29.5 Å². The maximum Gasteiger partial charge on any atom is 0.358 e. The maximum absolute atomic E-state index is 12.0. The molecule has 0 bridgehead atoms. The molecular weight excluding hydrogens is 398 g/mol. The standard InChI is InChI=1S/C19H17N3O4S2/c1-11-5-6-13(12(2)8-11)21-19(25)22-16(23)9-26-18(24)14-10-28-17(20-14)15-4-3-7-27-15/h3-8,10H,9H2,1-2H3,(H2,21,22,23,25). The van der Waals surface area contributed by atoms with Crippen molar-refractivity contribution < 1.29 is 19.1 Å². The molecule has 3 rings (SSSR count). The van der Waals surface area contributed by atoms with Crippen LogP contribution in [0.1, 0.15) is 21.6 Å². The molecule has 3 aromatic rings. The second-order valence-corrected chi connectivity index (χ2v) is 7.72. The molecule has 2 N–H and O–H groups in total. The van der Waals surface area contributed by atoms with Gasteiger partial charge in [0.15, 0.2) is 12.3 Å². The molecule has 0 unspecified atom stereocenters. The average Bonchev–Trinajstić information content (AvgIpc) is 3.33. The number of carbonyl (C=O) groups excluding carboxylic acids is 3. The fourth-order valence-corrected chi connectivity index (χ4v) is 3.96. The summed E-state index contributed by atoms with van der Waals surface area (Å²) in [5.41, 5.74) is 2.66. The number of anilines is 1. The van der Waals surface area contributed by atoms with Crippen LogP contribution >= 0.6 is 22.7 Å². The smallest absolute Gasteiger partial charge is 0.358 e. The number of esters is 1. The van der Waals surface area contributed by atoms with Gasteiger partial charge < -0.3 is 10.1 Å². The monoisotopic (exact) mass is 415 g/mol. The lowest BCUT2D eigenvalue weighted by Crippen LogP contribution is -2.37. The van der Waals surface area contributed by atoms with Crippen molar-refractivity contribution in [2.75, 3.05) is 11.9 Å². The normalized spacial score (nSPS) is 10.4. The van der Waals surface area contributed by atoms with Gasteiger partial charge in [-0.05, 0) is 36.9 Å². The number of nitrogens with zero attached hydrogens (tertiary/aromatic N) is 1. The third-order valence-electron chi connectivity index (χ3n) is 3.66. The molecule has 0 atom stereocenters. The molecule has 3 amide bonds. The van der Waals surface area contributed by atoms with Crippen molar-refractivity contribution in [1.82, 2.24) is 10.3 Å².